The number of carbonyl (C=O) groups excluding carboxylic acids is 3. The van der Waals surface area contributed by atoms with E-state index in [1.165, 1.54) is 30.6 Å². The lowest BCUT2D eigenvalue weighted by Crippen LogP contribution is -2.24. The van der Waals surface area contributed by atoms with E-state index in [0.717, 1.165) is 42.0 Å². The quantitative estimate of drug-likeness (QED) is 0.746. The van der Waals surface area contributed by atoms with Gasteiger partial charge in [-0.05, 0) is 61.8 Å². The number of nitrogens with one attached hydrogen (secondary N) is 1. The van der Waals surface area contributed by atoms with Gasteiger partial charge < -0.3 is 15.8 Å². The molecule has 0 saturated heterocycles. The van der Waals surface area contributed by atoms with Crippen LogP contribution in [0.2, 0.25) is 0 Å². The lowest BCUT2D eigenvalue weighted by molar-refractivity contribution is -0.148. The Labute approximate surface area is 156 Å². The third-order valence-electron chi connectivity index (χ3n) is 6.10. The molecule has 6 nitrogen and oxygen atoms in total. The zero-order valence-electron chi connectivity index (χ0n) is 14.7. The van der Waals surface area contributed by atoms with Gasteiger partial charge in [0.1, 0.15) is 5.00 Å². The van der Waals surface area contributed by atoms with Crippen LogP contribution in [0.25, 0.3) is 0 Å². The lowest BCUT2D eigenvalue weighted by atomic mass is 9.86. The zero-order chi connectivity index (χ0) is 18.3. The van der Waals surface area contributed by atoms with E-state index in [9.17, 15) is 14.4 Å². The topological polar surface area (TPSA) is 98.5 Å². The van der Waals surface area contributed by atoms with Crippen molar-refractivity contribution in [3.63, 3.8) is 0 Å². The van der Waals surface area contributed by atoms with Gasteiger partial charge in [0.05, 0.1) is 5.56 Å². The molecule has 2 saturated carbocycles. The molecule has 1 heterocycles. The van der Waals surface area contributed by atoms with E-state index in [4.69, 9.17) is 10.5 Å². The summed E-state index contributed by atoms with van der Waals surface area (Å²) in [5.74, 6) is 0.622. The molecule has 0 spiro atoms. The van der Waals surface area contributed by atoms with Crippen LogP contribution in [0, 0.1) is 17.8 Å². The molecule has 0 aliphatic heterocycles. The highest BCUT2D eigenvalue weighted by atomic mass is 32.1. The Morgan fingerprint density at radius 2 is 2.04 bits per heavy atom. The number of carbonyl (C=O) groups is 3. The normalized spacial score (nSPS) is 25.9. The second-order valence-corrected chi connectivity index (χ2v) is 8.88. The van der Waals surface area contributed by atoms with Crippen LogP contribution < -0.4 is 11.1 Å². The molecule has 0 radical (unpaired) electrons. The molecule has 2 bridgehead atoms. The molecule has 4 rings (SSSR count). The van der Waals surface area contributed by atoms with Gasteiger partial charge in [0.15, 0.2) is 6.61 Å². The van der Waals surface area contributed by atoms with E-state index in [2.05, 4.69) is 5.32 Å². The summed E-state index contributed by atoms with van der Waals surface area (Å²) in [6.07, 6.45) is 8.04. The molecule has 140 valence electrons. The van der Waals surface area contributed by atoms with Crippen LogP contribution in [-0.2, 0) is 27.2 Å². The molecule has 26 heavy (non-hydrogen) atoms. The monoisotopic (exact) mass is 376 g/mol. The number of hydrogen-bond donors (Lipinski definition) is 2. The van der Waals surface area contributed by atoms with Crippen LogP contribution in [0.5, 0.6) is 0 Å². The molecule has 3 atom stereocenters. The second kappa shape index (κ2) is 7.02. The lowest BCUT2D eigenvalue weighted by Gasteiger charge is -2.20. The molecular formula is C19H24N2O4S. The predicted octanol–water partition coefficient (Wildman–Crippen LogP) is 2.64. The number of primary amides is 1. The Morgan fingerprint density at radius 3 is 2.73 bits per heavy atom. The van der Waals surface area contributed by atoms with Gasteiger partial charge >= 0.3 is 5.97 Å². The Hall–Kier alpha value is -1.89. The van der Waals surface area contributed by atoms with Gasteiger partial charge in [-0.2, -0.15) is 0 Å². The number of aryl methyl sites for hydroxylation is 1. The van der Waals surface area contributed by atoms with Crippen molar-refractivity contribution < 1.29 is 19.1 Å². The van der Waals surface area contributed by atoms with Crippen molar-refractivity contribution in [1.82, 2.24) is 0 Å². The minimum absolute atomic E-state index is 0.304. The maximum Gasteiger partial charge on any atom is 0.306 e. The maximum atomic E-state index is 12.1. The van der Waals surface area contributed by atoms with Gasteiger partial charge in [-0.25, -0.2) is 0 Å². The van der Waals surface area contributed by atoms with E-state index < -0.39 is 11.8 Å². The van der Waals surface area contributed by atoms with Crippen molar-refractivity contribution in [2.24, 2.45) is 23.5 Å². The number of thiophene rings is 1. The number of ether oxygens (including phenoxy) is 1. The van der Waals surface area contributed by atoms with Crippen LogP contribution in [0.4, 0.5) is 5.00 Å². The molecule has 3 aliphatic rings. The summed E-state index contributed by atoms with van der Waals surface area (Å²) >= 11 is 1.40. The highest BCUT2D eigenvalue weighted by Crippen LogP contribution is 2.49. The molecule has 1 aromatic rings. The third kappa shape index (κ3) is 3.37. The molecule has 2 fully saturated rings. The Bertz CT molecular complexity index is 757. The average molecular weight is 376 g/mol. The SMILES string of the molecule is NC(=O)c1c(NC(=O)COC(=O)C[C@H]2C[C@H]3CC[C@@H]2C3)sc2c1CCC2. The second-order valence-electron chi connectivity index (χ2n) is 7.77. The number of esters is 1. The first-order valence-corrected chi connectivity index (χ1v) is 10.2. The third-order valence-corrected chi connectivity index (χ3v) is 7.31. The first-order valence-electron chi connectivity index (χ1n) is 9.41. The van der Waals surface area contributed by atoms with Crippen LogP contribution in [0.15, 0.2) is 0 Å². The van der Waals surface area contributed by atoms with Crippen molar-refractivity contribution in [1.29, 1.82) is 0 Å². The minimum atomic E-state index is -0.520. The van der Waals surface area contributed by atoms with E-state index in [0.29, 0.717) is 28.8 Å². The standard InChI is InChI=1S/C19H24N2O4S/c20-18(24)17-13-2-1-3-14(13)26-19(17)21-15(22)9-25-16(23)8-12-7-10-4-5-11(12)6-10/h10-12H,1-9H2,(H2,20,24)(H,21,22)/t10-,11+,12+/m0/s1. The summed E-state index contributed by atoms with van der Waals surface area (Å²) in [5.41, 5.74) is 6.87. The van der Waals surface area contributed by atoms with Crippen LogP contribution in [-0.4, -0.2) is 24.4 Å². The number of fused-ring (bicyclic) bond motifs is 3. The summed E-state index contributed by atoms with van der Waals surface area (Å²) in [6.45, 7) is -0.319. The van der Waals surface area contributed by atoms with E-state index in [1.807, 2.05) is 0 Å². The zero-order valence-corrected chi connectivity index (χ0v) is 15.5. The molecule has 0 unspecified atom stereocenters. The van der Waals surface area contributed by atoms with Crippen molar-refractivity contribution in [2.45, 2.75) is 51.4 Å². The van der Waals surface area contributed by atoms with E-state index in [-0.39, 0.29) is 12.6 Å². The van der Waals surface area contributed by atoms with Gasteiger partial charge in [-0.3, -0.25) is 14.4 Å². The smallest absolute Gasteiger partial charge is 0.306 e. The van der Waals surface area contributed by atoms with Crippen molar-refractivity contribution in [2.75, 3.05) is 11.9 Å². The largest absolute Gasteiger partial charge is 0.456 e. The minimum Gasteiger partial charge on any atom is -0.456 e. The highest BCUT2D eigenvalue weighted by Gasteiger charge is 2.40. The summed E-state index contributed by atoms with van der Waals surface area (Å²) < 4.78 is 5.16. The van der Waals surface area contributed by atoms with Gasteiger partial charge in [0.25, 0.3) is 11.8 Å². The molecule has 3 N–H and O–H groups in total. The average Bonchev–Trinajstić information content (AvgIpc) is 3.32. The molecule has 7 heteroatoms. The van der Waals surface area contributed by atoms with Crippen molar-refractivity contribution >= 4 is 34.1 Å². The number of anilines is 1. The predicted molar refractivity (Wildman–Crippen MR) is 98.0 cm³/mol. The number of rotatable bonds is 6. The van der Waals surface area contributed by atoms with Gasteiger partial charge in [0, 0.05) is 11.3 Å². The number of hydrogen-bond acceptors (Lipinski definition) is 5. The van der Waals surface area contributed by atoms with Gasteiger partial charge in [0.2, 0.25) is 0 Å². The van der Waals surface area contributed by atoms with Crippen LogP contribution >= 0.6 is 11.3 Å². The first kappa shape index (κ1) is 17.5. The first-order chi connectivity index (χ1) is 12.5. The van der Waals surface area contributed by atoms with Gasteiger partial charge in [-0.1, -0.05) is 6.42 Å². The summed E-state index contributed by atoms with van der Waals surface area (Å²) in [7, 11) is 0. The Kier molecular flexibility index (Phi) is 4.73. The molecule has 1 aromatic heterocycles. The molecule has 0 aromatic carbocycles. The van der Waals surface area contributed by atoms with E-state index in [1.54, 1.807) is 0 Å². The fourth-order valence-electron chi connectivity index (χ4n) is 4.96. The fourth-order valence-corrected chi connectivity index (χ4v) is 6.27. The Morgan fingerprint density at radius 1 is 1.19 bits per heavy atom. The van der Waals surface area contributed by atoms with Crippen molar-refractivity contribution in [3.05, 3.63) is 16.0 Å². The van der Waals surface area contributed by atoms with Crippen LogP contribution in [0.1, 0.15) is 59.3 Å². The highest BCUT2D eigenvalue weighted by molar-refractivity contribution is 7.17. The summed E-state index contributed by atoms with van der Waals surface area (Å²) in [5, 5.41) is 3.18. The van der Waals surface area contributed by atoms with Crippen LogP contribution in [0.3, 0.4) is 0 Å². The maximum absolute atomic E-state index is 12.1. The fraction of sp³-hybridized carbons (Fsp3) is 0.632. The van der Waals surface area contributed by atoms with Crippen molar-refractivity contribution in [3.8, 4) is 0 Å². The molecule has 3 aliphatic carbocycles. The summed E-state index contributed by atoms with van der Waals surface area (Å²) in [6, 6.07) is 0. The molecular weight excluding hydrogens is 352 g/mol. The Balaban J connectivity index is 1.29. The number of amides is 2. The van der Waals surface area contributed by atoms with Gasteiger partial charge in [-0.15, -0.1) is 11.3 Å². The molecule has 2 amide bonds. The van der Waals surface area contributed by atoms with E-state index >= 15 is 0 Å². The summed E-state index contributed by atoms with van der Waals surface area (Å²) in [4.78, 5) is 37.0. The number of nitrogens with two attached hydrogens (primary N) is 1.